The van der Waals surface area contributed by atoms with Crippen LogP contribution in [0.5, 0.6) is 0 Å². The Morgan fingerprint density at radius 2 is 0.727 bits per heavy atom. The van der Waals surface area contributed by atoms with Gasteiger partial charge in [0, 0.05) is 19.4 Å². The summed E-state index contributed by atoms with van der Waals surface area (Å²) in [6.45, 7) is 7.52. The number of carbonyl (C=O) groups excluding carboxylic acids is 2. The van der Waals surface area contributed by atoms with Gasteiger partial charge in [0.1, 0.15) is 6.61 Å². The predicted molar refractivity (Wildman–Crippen MR) is 288 cm³/mol. The quantitative estimate of drug-likeness (QED) is 0.0346. The summed E-state index contributed by atoms with van der Waals surface area (Å²) in [6, 6.07) is 0. The van der Waals surface area contributed by atoms with E-state index in [1.807, 2.05) is 0 Å². The van der Waals surface area contributed by atoms with E-state index in [0.717, 1.165) is 109 Å². The highest BCUT2D eigenvalue weighted by Crippen LogP contribution is 2.12. The molecule has 0 amide bonds. The first-order valence-electron chi connectivity index (χ1n) is 27.1. The van der Waals surface area contributed by atoms with Crippen molar-refractivity contribution in [1.82, 2.24) is 0 Å². The topological polar surface area (TPSA) is 61.8 Å². The zero-order valence-corrected chi connectivity index (χ0v) is 42.9. The number of carbonyl (C=O) groups is 2. The third-order valence-electron chi connectivity index (χ3n) is 10.9. The monoisotopic (exact) mass is 913 g/mol. The van der Waals surface area contributed by atoms with Gasteiger partial charge in [-0.15, -0.1) is 0 Å². The molecule has 0 aromatic heterocycles. The number of rotatable bonds is 48. The second-order valence-electron chi connectivity index (χ2n) is 17.4. The second-order valence-corrected chi connectivity index (χ2v) is 17.4. The van der Waals surface area contributed by atoms with Gasteiger partial charge in [-0.25, -0.2) is 0 Å². The van der Waals surface area contributed by atoms with Crippen molar-refractivity contribution < 1.29 is 23.8 Å². The molecule has 66 heavy (non-hydrogen) atoms. The van der Waals surface area contributed by atoms with Crippen LogP contribution < -0.4 is 0 Å². The van der Waals surface area contributed by atoms with Gasteiger partial charge in [-0.05, 0) is 122 Å². The van der Waals surface area contributed by atoms with Gasteiger partial charge in [0.15, 0.2) is 6.10 Å². The largest absolute Gasteiger partial charge is 0.462 e. The van der Waals surface area contributed by atoms with Gasteiger partial charge in [0.2, 0.25) is 0 Å². The van der Waals surface area contributed by atoms with Gasteiger partial charge < -0.3 is 14.2 Å². The van der Waals surface area contributed by atoms with Crippen molar-refractivity contribution in [3.63, 3.8) is 0 Å². The molecule has 0 aliphatic carbocycles. The van der Waals surface area contributed by atoms with Crippen LogP contribution in [-0.2, 0) is 23.8 Å². The van der Waals surface area contributed by atoms with Crippen LogP contribution in [0.25, 0.3) is 0 Å². The molecule has 0 aromatic carbocycles. The zero-order chi connectivity index (χ0) is 47.7. The van der Waals surface area contributed by atoms with Crippen LogP contribution in [0.3, 0.4) is 0 Å². The lowest BCUT2D eigenvalue weighted by atomic mass is 10.1. The van der Waals surface area contributed by atoms with E-state index in [4.69, 9.17) is 14.2 Å². The van der Waals surface area contributed by atoms with Crippen LogP contribution in [0, 0.1) is 0 Å². The van der Waals surface area contributed by atoms with E-state index >= 15 is 0 Å². The summed E-state index contributed by atoms with van der Waals surface area (Å²) >= 11 is 0. The molecule has 0 N–H and O–H groups in total. The van der Waals surface area contributed by atoms with Crippen LogP contribution in [-0.4, -0.2) is 37.9 Å². The number of esters is 2. The fraction of sp³-hybridized carbons (Fsp3) is 0.639. The molecule has 1 unspecified atom stereocenters. The second kappa shape index (κ2) is 55.6. The molecule has 0 bridgehead atoms. The summed E-state index contributed by atoms with van der Waals surface area (Å²) in [6.07, 6.45) is 77.8. The van der Waals surface area contributed by atoms with Crippen LogP contribution >= 0.6 is 0 Å². The Morgan fingerprint density at radius 1 is 0.348 bits per heavy atom. The van der Waals surface area contributed by atoms with Gasteiger partial charge in [-0.2, -0.15) is 0 Å². The summed E-state index contributed by atoms with van der Waals surface area (Å²) in [5.41, 5.74) is 0. The Kier molecular flexibility index (Phi) is 52.5. The zero-order valence-electron chi connectivity index (χ0n) is 42.9. The van der Waals surface area contributed by atoms with Gasteiger partial charge >= 0.3 is 11.9 Å². The minimum Gasteiger partial charge on any atom is -0.462 e. The highest BCUT2D eigenvalue weighted by Gasteiger charge is 2.17. The summed E-state index contributed by atoms with van der Waals surface area (Å²) < 4.78 is 17.4. The van der Waals surface area contributed by atoms with Gasteiger partial charge in [0.25, 0.3) is 0 Å². The maximum atomic E-state index is 12.8. The lowest BCUT2D eigenvalue weighted by molar-refractivity contribution is -0.162. The molecule has 0 aliphatic rings. The molecule has 0 aliphatic heterocycles. The molecule has 0 spiro atoms. The molecular formula is C61H100O5. The first-order chi connectivity index (χ1) is 32.6. The lowest BCUT2D eigenvalue weighted by Gasteiger charge is -2.18. The van der Waals surface area contributed by atoms with E-state index in [1.54, 1.807) is 0 Å². The van der Waals surface area contributed by atoms with Crippen molar-refractivity contribution >= 4 is 11.9 Å². The fourth-order valence-electron chi connectivity index (χ4n) is 6.94. The lowest BCUT2D eigenvalue weighted by Crippen LogP contribution is -2.30. The average molecular weight is 913 g/mol. The average Bonchev–Trinajstić information content (AvgIpc) is 3.32. The van der Waals surface area contributed by atoms with E-state index in [0.29, 0.717) is 19.4 Å². The molecule has 0 saturated heterocycles. The Labute approximate surface area is 407 Å². The Morgan fingerprint density at radius 3 is 1.20 bits per heavy atom. The first-order valence-corrected chi connectivity index (χ1v) is 27.1. The molecule has 5 nitrogen and oxygen atoms in total. The minimum atomic E-state index is -0.585. The molecule has 0 radical (unpaired) electrons. The predicted octanol–water partition coefficient (Wildman–Crippen LogP) is 18.6. The normalized spacial score (nSPS) is 13.2. The Bertz CT molecular complexity index is 1350. The number of allylic oxidation sites excluding steroid dienone is 20. The third-order valence-corrected chi connectivity index (χ3v) is 10.9. The molecule has 0 rings (SSSR count). The van der Waals surface area contributed by atoms with Gasteiger partial charge in [-0.1, -0.05) is 213 Å². The van der Waals surface area contributed by atoms with Crippen LogP contribution in [0.4, 0.5) is 0 Å². The van der Waals surface area contributed by atoms with Crippen LogP contribution in [0.2, 0.25) is 0 Å². The first kappa shape index (κ1) is 62.3. The number of unbranched alkanes of at least 4 members (excludes halogenated alkanes) is 17. The van der Waals surface area contributed by atoms with Crippen molar-refractivity contribution in [3.8, 4) is 0 Å². The molecule has 0 fully saturated rings. The van der Waals surface area contributed by atoms with Crippen molar-refractivity contribution in [2.75, 3.05) is 19.8 Å². The SMILES string of the molecule is CC/C=C\C/C=C\C/C=C\C/C=C\C/C=C\CCCC(=O)OC(COCCCCCCCC/C=C\C/C=C\CCC)COC(=O)CCCCCCCC/C=C\C/C=C\C/C=C\CCCCC. The Balaban J connectivity index is 4.42. The third kappa shape index (κ3) is 52.9. The molecule has 0 heterocycles. The Hall–Kier alpha value is -3.70. The smallest absolute Gasteiger partial charge is 0.306 e. The summed E-state index contributed by atoms with van der Waals surface area (Å²) in [4.78, 5) is 25.4. The molecule has 0 saturated carbocycles. The van der Waals surface area contributed by atoms with Crippen LogP contribution in [0.15, 0.2) is 122 Å². The molecule has 1 atom stereocenters. The van der Waals surface area contributed by atoms with Gasteiger partial charge in [-0.3, -0.25) is 9.59 Å². The summed E-state index contributed by atoms with van der Waals surface area (Å²) in [5, 5.41) is 0. The maximum absolute atomic E-state index is 12.8. The van der Waals surface area contributed by atoms with Crippen LogP contribution in [0.1, 0.15) is 226 Å². The van der Waals surface area contributed by atoms with E-state index in [2.05, 4.69) is 142 Å². The van der Waals surface area contributed by atoms with Crippen molar-refractivity contribution in [1.29, 1.82) is 0 Å². The minimum absolute atomic E-state index is 0.0439. The number of ether oxygens (including phenoxy) is 3. The van der Waals surface area contributed by atoms with E-state index in [1.165, 1.54) is 83.5 Å². The fourth-order valence-corrected chi connectivity index (χ4v) is 6.94. The highest BCUT2D eigenvalue weighted by atomic mass is 16.6. The van der Waals surface area contributed by atoms with Gasteiger partial charge in [0.05, 0.1) is 6.61 Å². The van der Waals surface area contributed by atoms with Crippen molar-refractivity contribution in [3.05, 3.63) is 122 Å². The van der Waals surface area contributed by atoms with E-state index in [9.17, 15) is 9.59 Å². The van der Waals surface area contributed by atoms with E-state index < -0.39 is 6.10 Å². The summed E-state index contributed by atoms with van der Waals surface area (Å²) in [5.74, 6) is -0.491. The molecule has 374 valence electrons. The standard InChI is InChI=1S/C61H100O5/c1-4-7-10-13-16-19-22-25-28-30-31-33-34-36-39-42-45-48-51-54-60(62)65-58-59(57-64-56-53-50-47-44-41-38-27-24-21-18-15-12-9-6-3)66-61(63)55-52-49-46-43-40-37-35-32-29-26-23-20-17-14-11-8-5-2/h8,11-12,15-17,19-21,24-26,28-29,31,33,35,37,43,46,59H,4-7,9-10,13-14,18,22-23,27,30,32,34,36,38-42,44-45,47-58H2,1-3H3/b11-8-,15-12-,19-16-,20-17-,24-21-,28-25-,29-26-,33-31-,37-35-,46-43-. The summed E-state index contributed by atoms with van der Waals surface area (Å²) in [7, 11) is 0. The van der Waals surface area contributed by atoms with Crippen molar-refractivity contribution in [2.24, 2.45) is 0 Å². The number of hydrogen-bond acceptors (Lipinski definition) is 5. The maximum Gasteiger partial charge on any atom is 0.306 e. The molecular weight excluding hydrogens is 813 g/mol. The number of hydrogen-bond donors (Lipinski definition) is 0. The molecule has 5 heteroatoms. The molecule has 0 aromatic rings. The highest BCUT2D eigenvalue weighted by molar-refractivity contribution is 5.70. The van der Waals surface area contributed by atoms with Crippen molar-refractivity contribution in [2.45, 2.75) is 232 Å². The van der Waals surface area contributed by atoms with E-state index in [-0.39, 0.29) is 25.2 Å².